The Morgan fingerprint density at radius 2 is 2.00 bits per heavy atom. The van der Waals surface area contributed by atoms with Gasteiger partial charge in [0.05, 0.1) is 30.3 Å². The number of likely N-dealkylation sites (tertiary alicyclic amines) is 1. The predicted molar refractivity (Wildman–Crippen MR) is 85.1 cm³/mol. The molecule has 0 spiro atoms. The van der Waals surface area contributed by atoms with Crippen molar-refractivity contribution in [3.05, 3.63) is 57.8 Å². The van der Waals surface area contributed by atoms with Crippen LogP contribution in [0.25, 0.3) is 11.1 Å². The molecule has 23 heavy (non-hydrogen) atoms. The van der Waals surface area contributed by atoms with E-state index in [9.17, 15) is 13.6 Å². The summed E-state index contributed by atoms with van der Waals surface area (Å²) in [7, 11) is 0. The number of alkyl halides is 1. The summed E-state index contributed by atoms with van der Waals surface area (Å²) in [5, 5.41) is 9.07. The number of halogens is 3. The van der Waals surface area contributed by atoms with Crippen molar-refractivity contribution in [2.75, 3.05) is 13.1 Å². The zero-order valence-electron chi connectivity index (χ0n) is 11.9. The van der Waals surface area contributed by atoms with Crippen molar-refractivity contribution in [3.63, 3.8) is 0 Å². The van der Waals surface area contributed by atoms with Crippen molar-refractivity contribution in [2.24, 2.45) is 0 Å². The fourth-order valence-electron chi connectivity index (χ4n) is 2.52. The Balaban J connectivity index is 2.08. The molecule has 0 aromatic heterocycles. The molecule has 3 rings (SSSR count). The average molecular weight is 377 g/mol. The second-order valence-electron chi connectivity index (χ2n) is 5.34. The highest BCUT2D eigenvalue weighted by Gasteiger charge is 2.32. The van der Waals surface area contributed by atoms with Gasteiger partial charge in [-0.25, -0.2) is 8.78 Å². The van der Waals surface area contributed by atoms with Gasteiger partial charge in [0.1, 0.15) is 12.0 Å². The van der Waals surface area contributed by atoms with Gasteiger partial charge in [-0.1, -0.05) is 22.0 Å². The first-order valence-corrected chi connectivity index (χ1v) is 7.71. The van der Waals surface area contributed by atoms with Crippen molar-refractivity contribution in [1.82, 2.24) is 4.90 Å². The van der Waals surface area contributed by atoms with Crippen LogP contribution in [0.1, 0.15) is 15.9 Å². The summed E-state index contributed by atoms with van der Waals surface area (Å²) in [5.41, 5.74) is 1.72. The predicted octanol–water partition coefficient (Wildman–Crippen LogP) is 3.92. The smallest absolute Gasteiger partial charge is 0.254 e. The van der Waals surface area contributed by atoms with E-state index in [1.54, 1.807) is 18.2 Å². The lowest BCUT2D eigenvalue weighted by Gasteiger charge is -2.34. The molecule has 1 aliphatic rings. The van der Waals surface area contributed by atoms with E-state index in [1.807, 2.05) is 6.07 Å². The number of nitrogens with zero attached hydrogens (tertiary/aromatic N) is 2. The minimum Gasteiger partial charge on any atom is -0.333 e. The van der Waals surface area contributed by atoms with Gasteiger partial charge < -0.3 is 4.90 Å². The van der Waals surface area contributed by atoms with E-state index in [-0.39, 0.29) is 18.7 Å². The summed E-state index contributed by atoms with van der Waals surface area (Å²) in [5.74, 6) is -0.947. The molecule has 0 N–H and O–H groups in total. The molecule has 0 bridgehead atoms. The van der Waals surface area contributed by atoms with Crippen molar-refractivity contribution < 1.29 is 13.6 Å². The summed E-state index contributed by atoms with van der Waals surface area (Å²) in [6.45, 7) is 0.0490. The lowest BCUT2D eigenvalue weighted by atomic mass is 9.96. The van der Waals surface area contributed by atoms with Gasteiger partial charge in [0.25, 0.3) is 5.91 Å². The van der Waals surface area contributed by atoms with Crippen LogP contribution in [0.5, 0.6) is 0 Å². The molecule has 2 aromatic rings. The molecule has 116 valence electrons. The first-order valence-electron chi connectivity index (χ1n) is 6.92. The molecule has 1 amide bonds. The highest BCUT2D eigenvalue weighted by atomic mass is 79.9. The third-order valence-electron chi connectivity index (χ3n) is 3.67. The van der Waals surface area contributed by atoms with E-state index < -0.39 is 17.9 Å². The monoisotopic (exact) mass is 376 g/mol. The van der Waals surface area contributed by atoms with Crippen LogP contribution in [0.15, 0.2) is 40.9 Å². The Bertz CT molecular complexity index is 826. The van der Waals surface area contributed by atoms with Crippen molar-refractivity contribution in [1.29, 1.82) is 5.26 Å². The first-order chi connectivity index (χ1) is 11.0. The third-order valence-corrected chi connectivity index (χ3v) is 4.13. The van der Waals surface area contributed by atoms with Gasteiger partial charge in [-0.3, -0.25) is 4.79 Å². The molecule has 2 aromatic carbocycles. The Morgan fingerprint density at radius 1 is 1.26 bits per heavy atom. The summed E-state index contributed by atoms with van der Waals surface area (Å²) >= 11 is 3.32. The van der Waals surface area contributed by atoms with E-state index in [4.69, 9.17) is 5.26 Å². The van der Waals surface area contributed by atoms with Crippen LogP contribution in [0, 0.1) is 17.1 Å². The third kappa shape index (κ3) is 3.10. The minimum absolute atomic E-state index is 0.0245. The standard InChI is InChI=1S/C17H11BrF2N2O/c18-12-4-10(7-21)3-11(5-12)15-2-1-13(19)6-16(15)17(23)22-8-14(20)9-22/h1-6,14H,8-9H2. The van der Waals surface area contributed by atoms with Crippen molar-refractivity contribution in [3.8, 4) is 17.2 Å². The van der Waals surface area contributed by atoms with Crippen molar-refractivity contribution >= 4 is 21.8 Å². The zero-order valence-corrected chi connectivity index (χ0v) is 13.5. The fraction of sp³-hybridized carbons (Fsp3) is 0.176. The quantitative estimate of drug-likeness (QED) is 0.797. The molecule has 0 aliphatic carbocycles. The van der Waals surface area contributed by atoms with Crippen LogP contribution in [0.4, 0.5) is 8.78 Å². The molecular weight excluding hydrogens is 366 g/mol. The van der Waals surface area contributed by atoms with Gasteiger partial charge in [0, 0.05) is 4.47 Å². The molecule has 0 unspecified atom stereocenters. The van der Waals surface area contributed by atoms with Gasteiger partial charge in [-0.15, -0.1) is 0 Å². The van der Waals surface area contributed by atoms with E-state index in [0.717, 1.165) is 6.07 Å². The van der Waals surface area contributed by atoms with Crippen LogP contribution >= 0.6 is 15.9 Å². The number of rotatable bonds is 2. The normalized spacial score (nSPS) is 14.3. The molecule has 3 nitrogen and oxygen atoms in total. The first kappa shape index (κ1) is 15.6. The maximum atomic E-state index is 13.6. The Hall–Kier alpha value is -2.26. The lowest BCUT2D eigenvalue weighted by molar-refractivity contribution is 0.0400. The van der Waals surface area contributed by atoms with Crippen LogP contribution < -0.4 is 0 Å². The van der Waals surface area contributed by atoms with E-state index in [0.29, 0.717) is 21.2 Å². The highest BCUT2D eigenvalue weighted by molar-refractivity contribution is 9.10. The molecule has 1 heterocycles. The van der Waals surface area contributed by atoms with Gasteiger partial charge in [-0.2, -0.15) is 5.26 Å². The molecule has 0 atom stereocenters. The Kier molecular flexibility index (Phi) is 4.14. The van der Waals surface area contributed by atoms with E-state index >= 15 is 0 Å². The maximum absolute atomic E-state index is 13.6. The Labute approximate surface area is 140 Å². The topological polar surface area (TPSA) is 44.1 Å². The van der Waals surface area contributed by atoms with Gasteiger partial charge in [-0.05, 0) is 41.5 Å². The molecule has 0 saturated carbocycles. The molecule has 1 aliphatic heterocycles. The minimum atomic E-state index is -1.02. The molecule has 1 saturated heterocycles. The molecule has 6 heteroatoms. The van der Waals surface area contributed by atoms with Crippen LogP contribution in [-0.4, -0.2) is 30.1 Å². The number of hydrogen-bond acceptors (Lipinski definition) is 2. The zero-order chi connectivity index (χ0) is 16.6. The van der Waals surface area contributed by atoms with Gasteiger partial charge in [0.2, 0.25) is 0 Å². The van der Waals surface area contributed by atoms with Crippen LogP contribution in [0.2, 0.25) is 0 Å². The van der Waals surface area contributed by atoms with Gasteiger partial charge >= 0.3 is 0 Å². The summed E-state index contributed by atoms with van der Waals surface area (Å²) in [4.78, 5) is 13.8. The second-order valence-corrected chi connectivity index (χ2v) is 6.25. The second kappa shape index (κ2) is 6.09. The number of carbonyl (C=O) groups excluding carboxylic acids is 1. The summed E-state index contributed by atoms with van der Waals surface area (Å²) < 4.78 is 27.3. The van der Waals surface area contributed by atoms with E-state index in [1.165, 1.54) is 17.0 Å². The Morgan fingerprint density at radius 3 is 2.65 bits per heavy atom. The van der Waals surface area contributed by atoms with Gasteiger partial charge in [0.15, 0.2) is 0 Å². The number of nitriles is 1. The van der Waals surface area contributed by atoms with E-state index in [2.05, 4.69) is 15.9 Å². The number of carbonyl (C=O) groups is 1. The van der Waals surface area contributed by atoms with Crippen molar-refractivity contribution in [2.45, 2.75) is 6.17 Å². The molecular formula is C17H11BrF2N2O. The average Bonchev–Trinajstić information content (AvgIpc) is 2.50. The number of benzene rings is 2. The van der Waals surface area contributed by atoms with Crippen LogP contribution in [-0.2, 0) is 0 Å². The summed E-state index contributed by atoms with van der Waals surface area (Å²) in [6, 6.07) is 11.0. The number of hydrogen-bond donors (Lipinski definition) is 0. The SMILES string of the molecule is N#Cc1cc(Br)cc(-c2ccc(F)cc2C(=O)N2CC(F)C2)c1. The highest BCUT2D eigenvalue weighted by Crippen LogP contribution is 2.30. The lowest BCUT2D eigenvalue weighted by Crippen LogP contribution is -2.51. The maximum Gasteiger partial charge on any atom is 0.254 e. The largest absolute Gasteiger partial charge is 0.333 e. The fourth-order valence-corrected chi connectivity index (χ4v) is 3.01. The molecule has 0 radical (unpaired) electrons. The summed E-state index contributed by atoms with van der Waals surface area (Å²) in [6.07, 6.45) is -1.02. The molecule has 1 fully saturated rings. The van der Waals surface area contributed by atoms with Crippen LogP contribution in [0.3, 0.4) is 0 Å². The number of amides is 1.